The molecule has 0 aliphatic rings. The lowest BCUT2D eigenvalue weighted by atomic mass is 10.1. The molecular formula is C25H25N5O3S. The van der Waals surface area contributed by atoms with Crippen LogP contribution in [0.4, 0.5) is 5.69 Å². The first-order chi connectivity index (χ1) is 16.5. The van der Waals surface area contributed by atoms with Gasteiger partial charge in [-0.05, 0) is 43.4 Å². The summed E-state index contributed by atoms with van der Waals surface area (Å²) in [7, 11) is 1.57. The topological polar surface area (TPSA) is 94.1 Å². The maximum Gasteiger partial charge on any atom is 0.226 e. The monoisotopic (exact) mass is 475 g/mol. The molecule has 0 spiro atoms. The second kappa shape index (κ2) is 10.8. The standard InChI is InChI=1S/C25H25N5O3S/c1-17-5-3-7-19(13-17)24-28-29-25(34)30(24)12-10-23(31)27-20-8-9-21(32-2)22(14-20)33-16-18-6-4-11-26-15-18/h3-9,11,13-15H,10,12,16H2,1-2H3,(H,27,31)(H,29,34). The number of hydrogen-bond acceptors (Lipinski definition) is 6. The quantitative estimate of drug-likeness (QED) is 0.334. The highest BCUT2D eigenvalue weighted by atomic mass is 32.1. The fourth-order valence-corrected chi connectivity index (χ4v) is 3.70. The minimum Gasteiger partial charge on any atom is -0.493 e. The summed E-state index contributed by atoms with van der Waals surface area (Å²) in [5, 5.41) is 10.1. The highest BCUT2D eigenvalue weighted by Gasteiger charge is 2.12. The van der Waals surface area contributed by atoms with E-state index in [1.165, 1.54) is 0 Å². The number of ether oxygens (including phenoxy) is 2. The number of anilines is 1. The summed E-state index contributed by atoms with van der Waals surface area (Å²) >= 11 is 5.38. The van der Waals surface area contributed by atoms with Crippen LogP contribution in [0.2, 0.25) is 0 Å². The van der Waals surface area contributed by atoms with Crippen molar-refractivity contribution in [1.29, 1.82) is 0 Å². The lowest BCUT2D eigenvalue weighted by Gasteiger charge is -2.13. The zero-order valence-electron chi connectivity index (χ0n) is 18.9. The highest BCUT2D eigenvalue weighted by molar-refractivity contribution is 7.71. The van der Waals surface area contributed by atoms with E-state index in [1.807, 2.05) is 47.9 Å². The molecule has 0 aliphatic carbocycles. The molecule has 1 amide bonds. The summed E-state index contributed by atoms with van der Waals surface area (Å²) in [6.45, 7) is 2.75. The van der Waals surface area contributed by atoms with E-state index in [2.05, 4.69) is 20.5 Å². The van der Waals surface area contributed by atoms with Gasteiger partial charge in [-0.2, -0.15) is 5.10 Å². The van der Waals surface area contributed by atoms with Gasteiger partial charge in [0.25, 0.3) is 0 Å². The van der Waals surface area contributed by atoms with E-state index in [4.69, 9.17) is 21.7 Å². The molecule has 4 rings (SSSR count). The molecule has 0 atom stereocenters. The summed E-state index contributed by atoms with van der Waals surface area (Å²) in [4.78, 5) is 16.8. The number of aromatic nitrogens is 4. The Morgan fingerprint density at radius 3 is 2.79 bits per heavy atom. The minimum atomic E-state index is -0.151. The third-order valence-electron chi connectivity index (χ3n) is 5.16. The van der Waals surface area contributed by atoms with Gasteiger partial charge in [-0.15, -0.1) is 0 Å². The summed E-state index contributed by atoms with van der Waals surface area (Å²) in [5.74, 6) is 1.66. The zero-order valence-corrected chi connectivity index (χ0v) is 19.8. The normalized spacial score (nSPS) is 10.6. The maximum atomic E-state index is 12.7. The molecule has 0 unspecified atom stereocenters. The van der Waals surface area contributed by atoms with Crippen LogP contribution in [0.25, 0.3) is 11.4 Å². The van der Waals surface area contributed by atoms with Gasteiger partial charge in [-0.25, -0.2) is 0 Å². The molecule has 8 nitrogen and oxygen atoms in total. The number of aryl methyl sites for hydroxylation is 1. The number of rotatable bonds is 9. The van der Waals surface area contributed by atoms with E-state index in [9.17, 15) is 4.79 Å². The van der Waals surface area contributed by atoms with Gasteiger partial charge in [0, 0.05) is 48.2 Å². The second-order valence-corrected chi connectivity index (χ2v) is 8.07. The van der Waals surface area contributed by atoms with Gasteiger partial charge >= 0.3 is 0 Å². The zero-order chi connectivity index (χ0) is 23.9. The van der Waals surface area contributed by atoms with Gasteiger partial charge in [0.2, 0.25) is 5.91 Å². The molecule has 2 N–H and O–H groups in total. The smallest absolute Gasteiger partial charge is 0.226 e. The number of amides is 1. The van der Waals surface area contributed by atoms with Crippen molar-refractivity contribution in [2.24, 2.45) is 0 Å². The Morgan fingerprint density at radius 2 is 2.03 bits per heavy atom. The van der Waals surface area contributed by atoms with E-state index in [0.29, 0.717) is 40.9 Å². The van der Waals surface area contributed by atoms with E-state index in [0.717, 1.165) is 16.7 Å². The number of carbonyl (C=O) groups excluding carboxylic acids is 1. The summed E-state index contributed by atoms with van der Waals surface area (Å²) < 4.78 is 13.6. The number of methoxy groups -OCH3 is 1. The van der Waals surface area contributed by atoms with Crippen LogP contribution in [0.1, 0.15) is 17.5 Å². The fourth-order valence-electron chi connectivity index (χ4n) is 3.48. The summed E-state index contributed by atoms with van der Waals surface area (Å²) in [6.07, 6.45) is 3.68. The molecule has 0 bridgehead atoms. The third kappa shape index (κ3) is 5.68. The van der Waals surface area contributed by atoms with Crippen molar-refractivity contribution >= 4 is 23.8 Å². The number of nitrogens with one attached hydrogen (secondary N) is 2. The first kappa shape index (κ1) is 23.2. The van der Waals surface area contributed by atoms with Gasteiger partial charge in [0.1, 0.15) is 6.61 Å². The number of carbonyl (C=O) groups is 1. The fraction of sp³-hybridized carbons (Fsp3) is 0.200. The number of benzene rings is 2. The minimum absolute atomic E-state index is 0.151. The van der Waals surface area contributed by atoms with Gasteiger partial charge in [0.15, 0.2) is 22.1 Å². The van der Waals surface area contributed by atoms with E-state index >= 15 is 0 Å². The van der Waals surface area contributed by atoms with Gasteiger partial charge in [-0.1, -0.05) is 29.8 Å². The van der Waals surface area contributed by atoms with Crippen LogP contribution in [0.5, 0.6) is 11.5 Å². The molecule has 4 aromatic rings. The van der Waals surface area contributed by atoms with E-state index in [1.54, 1.807) is 37.7 Å². The lowest BCUT2D eigenvalue weighted by Crippen LogP contribution is -2.15. The molecule has 34 heavy (non-hydrogen) atoms. The molecule has 2 aromatic carbocycles. The van der Waals surface area contributed by atoms with Crippen molar-refractivity contribution in [3.8, 4) is 22.9 Å². The van der Waals surface area contributed by atoms with Crippen molar-refractivity contribution in [2.45, 2.75) is 26.5 Å². The Morgan fingerprint density at radius 1 is 1.15 bits per heavy atom. The second-order valence-electron chi connectivity index (χ2n) is 7.69. The molecule has 0 saturated heterocycles. The van der Waals surface area contributed by atoms with Crippen LogP contribution in [0, 0.1) is 11.7 Å². The van der Waals surface area contributed by atoms with Crippen molar-refractivity contribution in [1.82, 2.24) is 19.7 Å². The van der Waals surface area contributed by atoms with Crippen LogP contribution in [0.3, 0.4) is 0 Å². The number of aromatic amines is 1. The van der Waals surface area contributed by atoms with Gasteiger partial charge < -0.3 is 14.8 Å². The first-order valence-electron chi connectivity index (χ1n) is 10.8. The van der Waals surface area contributed by atoms with Crippen LogP contribution in [0.15, 0.2) is 67.0 Å². The Bertz CT molecular complexity index is 1330. The predicted octanol–water partition coefficient (Wildman–Crippen LogP) is 4.93. The van der Waals surface area contributed by atoms with Crippen LogP contribution >= 0.6 is 12.2 Å². The average Bonchev–Trinajstić information content (AvgIpc) is 3.22. The number of nitrogens with zero attached hydrogens (tertiary/aromatic N) is 3. The Labute approximate surface area is 202 Å². The van der Waals surface area contributed by atoms with Gasteiger partial charge in [0.05, 0.1) is 7.11 Å². The average molecular weight is 476 g/mol. The number of H-pyrrole nitrogens is 1. The molecular weight excluding hydrogens is 450 g/mol. The van der Waals surface area contributed by atoms with Crippen LogP contribution in [-0.2, 0) is 17.9 Å². The third-order valence-corrected chi connectivity index (χ3v) is 5.47. The molecule has 9 heteroatoms. The van der Waals surface area contributed by atoms with Crippen LogP contribution < -0.4 is 14.8 Å². The van der Waals surface area contributed by atoms with Crippen molar-refractivity contribution < 1.29 is 14.3 Å². The number of pyridine rings is 1. The van der Waals surface area contributed by atoms with Crippen molar-refractivity contribution in [3.05, 3.63) is 82.9 Å². The summed E-state index contributed by atoms with van der Waals surface area (Å²) in [5.41, 5.74) is 3.61. The first-order valence-corrected chi connectivity index (χ1v) is 11.2. The maximum absolute atomic E-state index is 12.7. The van der Waals surface area contributed by atoms with E-state index in [-0.39, 0.29) is 12.3 Å². The molecule has 0 radical (unpaired) electrons. The predicted molar refractivity (Wildman–Crippen MR) is 132 cm³/mol. The number of hydrogen-bond donors (Lipinski definition) is 2. The molecule has 2 aromatic heterocycles. The highest BCUT2D eigenvalue weighted by Crippen LogP contribution is 2.31. The largest absolute Gasteiger partial charge is 0.493 e. The van der Waals surface area contributed by atoms with E-state index < -0.39 is 0 Å². The molecule has 2 heterocycles. The summed E-state index contributed by atoms with van der Waals surface area (Å²) in [6, 6.07) is 17.1. The molecule has 174 valence electrons. The van der Waals surface area contributed by atoms with Crippen molar-refractivity contribution in [3.63, 3.8) is 0 Å². The Hall–Kier alpha value is -3.98. The Balaban J connectivity index is 1.42. The SMILES string of the molecule is COc1ccc(NC(=O)CCn2c(-c3cccc(C)c3)n[nH]c2=S)cc1OCc1cccnc1. The molecule has 0 fully saturated rings. The lowest BCUT2D eigenvalue weighted by molar-refractivity contribution is -0.116. The van der Waals surface area contributed by atoms with Crippen LogP contribution in [-0.4, -0.2) is 32.8 Å². The van der Waals surface area contributed by atoms with Gasteiger partial charge in [-0.3, -0.25) is 19.4 Å². The Kier molecular flexibility index (Phi) is 7.34. The van der Waals surface area contributed by atoms with Crippen molar-refractivity contribution in [2.75, 3.05) is 12.4 Å². The molecule has 0 saturated carbocycles. The molecule has 0 aliphatic heterocycles.